The smallest absolute Gasteiger partial charge is 0.399 e. The standard InChI is InChI=1S/C30H24F4N3O5P/c31-29(32,27(38)39)23-14-10-20(11-15-23)18-28(22-6-2-1-3-7-22,37-26-9-5-4-8-25(26)35-36-37)19-21-12-16-24(17-13-21)30(33,34)43(40,41)42/h1-17H,18-19H2,(H,38,39)(H2,40,41,42). The molecule has 0 aliphatic rings. The molecule has 3 N–H and O–H groups in total. The maximum absolute atomic E-state index is 14.4. The zero-order valence-corrected chi connectivity index (χ0v) is 23.1. The SMILES string of the molecule is O=C(O)C(F)(F)c1ccc(CC(Cc2ccc(C(F)(F)P(=O)(O)O)cc2)(c2ccccc2)n2nnc3ccccc32)cc1. The van der Waals surface area contributed by atoms with E-state index in [0.717, 1.165) is 29.8 Å². The van der Waals surface area contributed by atoms with Crippen molar-refractivity contribution in [1.29, 1.82) is 0 Å². The van der Waals surface area contributed by atoms with Gasteiger partial charge in [-0.3, -0.25) is 4.57 Å². The van der Waals surface area contributed by atoms with E-state index in [-0.39, 0.29) is 12.8 Å². The summed E-state index contributed by atoms with van der Waals surface area (Å²) < 4.78 is 70.2. The Bertz CT molecular complexity index is 1810. The first-order valence-electron chi connectivity index (χ1n) is 12.9. The van der Waals surface area contributed by atoms with Crippen molar-refractivity contribution in [2.75, 3.05) is 0 Å². The molecule has 222 valence electrons. The van der Waals surface area contributed by atoms with Crippen molar-refractivity contribution in [3.05, 3.63) is 131 Å². The van der Waals surface area contributed by atoms with E-state index in [1.165, 1.54) is 24.3 Å². The highest BCUT2D eigenvalue weighted by Gasteiger charge is 2.50. The van der Waals surface area contributed by atoms with Crippen molar-refractivity contribution in [3.8, 4) is 0 Å². The van der Waals surface area contributed by atoms with Crippen molar-refractivity contribution in [3.63, 3.8) is 0 Å². The molecule has 0 spiro atoms. The van der Waals surface area contributed by atoms with E-state index in [9.17, 15) is 26.9 Å². The van der Waals surface area contributed by atoms with E-state index >= 15 is 0 Å². The highest BCUT2D eigenvalue weighted by Crippen LogP contribution is 2.59. The average molecular weight is 614 g/mol. The summed E-state index contributed by atoms with van der Waals surface area (Å²) in [6.07, 6.45) is 0.239. The summed E-state index contributed by atoms with van der Waals surface area (Å²) in [6, 6.07) is 25.6. The van der Waals surface area contributed by atoms with Gasteiger partial charge < -0.3 is 14.9 Å². The molecule has 0 saturated heterocycles. The van der Waals surface area contributed by atoms with E-state index in [0.29, 0.717) is 22.2 Å². The van der Waals surface area contributed by atoms with Gasteiger partial charge in [-0.2, -0.15) is 17.6 Å². The zero-order valence-electron chi connectivity index (χ0n) is 22.2. The van der Waals surface area contributed by atoms with E-state index in [4.69, 9.17) is 14.9 Å². The molecule has 0 amide bonds. The van der Waals surface area contributed by atoms with Gasteiger partial charge in [-0.15, -0.1) is 5.10 Å². The van der Waals surface area contributed by atoms with Gasteiger partial charge in [-0.1, -0.05) is 96.2 Å². The van der Waals surface area contributed by atoms with E-state index in [1.807, 2.05) is 12.1 Å². The lowest BCUT2D eigenvalue weighted by molar-refractivity contribution is -0.166. The lowest BCUT2D eigenvalue weighted by atomic mass is 9.78. The van der Waals surface area contributed by atoms with Crippen LogP contribution in [0.1, 0.15) is 27.8 Å². The molecular weight excluding hydrogens is 589 g/mol. The summed E-state index contributed by atoms with van der Waals surface area (Å²) in [6.45, 7) is 0. The number of benzene rings is 4. The number of carboxylic acid groups (broad SMARTS) is 1. The van der Waals surface area contributed by atoms with Crippen molar-refractivity contribution in [2.24, 2.45) is 0 Å². The lowest BCUT2D eigenvalue weighted by Gasteiger charge is -2.36. The zero-order chi connectivity index (χ0) is 31.0. The monoisotopic (exact) mass is 613 g/mol. The van der Waals surface area contributed by atoms with E-state index in [2.05, 4.69) is 10.3 Å². The van der Waals surface area contributed by atoms with Crippen molar-refractivity contribution in [2.45, 2.75) is 30.0 Å². The number of aliphatic carboxylic acids is 1. The molecule has 0 radical (unpaired) electrons. The number of carboxylic acids is 1. The molecule has 1 aromatic heterocycles. The fourth-order valence-electron chi connectivity index (χ4n) is 5.09. The third-order valence-electron chi connectivity index (χ3n) is 7.31. The Morgan fingerprint density at radius 2 is 1.23 bits per heavy atom. The molecule has 0 aliphatic heterocycles. The van der Waals surface area contributed by atoms with E-state index < -0.39 is 41.8 Å². The number of hydrogen-bond donors (Lipinski definition) is 3. The van der Waals surface area contributed by atoms with Crippen molar-refractivity contribution < 1.29 is 41.8 Å². The molecule has 43 heavy (non-hydrogen) atoms. The number of aromatic nitrogens is 3. The van der Waals surface area contributed by atoms with Crippen LogP contribution in [0.2, 0.25) is 0 Å². The average Bonchev–Trinajstić information content (AvgIpc) is 3.42. The Kier molecular flexibility index (Phi) is 7.72. The fourth-order valence-corrected chi connectivity index (χ4v) is 5.58. The van der Waals surface area contributed by atoms with Gasteiger partial charge >= 0.3 is 25.2 Å². The molecule has 8 nitrogen and oxygen atoms in total. The maximum Gasteiger partial charge on any atom is 0.399 e. The molecule has 0 fully saturated rings. The maximum atomic E-state index is 14.4. The van der Waals surface area contributed by atoms with Gasteiger partial charge in [-0.05, 0) is 28.8 Å². The van der Waals surface area contributed by atoms with Crippen LogP contribution in [0.4, 0.5) is 17.6 Å². The Morgan fingerprint density at radius 1 is 0.721 bits per heavy atom. The summed E-state index contributed by atoms with van der Waals surface area (Å²) in [5.41, 5.74) is -4.10. The van der Waals surface area contributed by atoms with Crippen LogP contribution in [-0.2, 0) is 39.3 Å². The van der Waals surface area contributed by atoms with Crippen LogP contribution in [0, 0.1) is 0 Å². The van der Waals surface area contributed by atoms with Crippen LogP contribution in [0.25, 0.3) is 11.0 Å². The van der Waals surface area contributed by atoms with Crippen LogP contribution >= 0.6 is 7.60 Å². The van der Waals surface area contributed by atoms with Crippen molar-refractivity contribution in [1.82, 2.24) is 15.0 Å². The molecule has 1 unspecified atom stereocenters. The summed E-state index contributed by atoms with van der Waals surface area (Å²) in [5, 5.41) is 17.7. The van der Waals surface area contributed by atoms with Crippen LogP contribution in [-0.4, -0.2) is 35.9 Å². The number of alkyl halides is 4. The van der Waals surface area contributed by atoms with E-state index in [1.54, 1.807) is 47.1 Å². The van der Waals surface area contributed by atoms with Gasteiger partial charge in [0, 0.05) is 24.0 Å². The first-order chi connectivity index (χ1) is 20.3. The summed E-state index contributed by atoms with van der Waals surface area (Å²) in [7, 11) is -5.78. The highest BCUT2D eigenvalue weighted by molar-refractivity contribution is 7.52. The predicted molar refractivity (Wildman–Crippen MR) is 149 cm³/mol. The van der Waals surface area contributed by atoms with Crippen molar-refractivity contribution >= 4 is 24.6 Å². The summed E-state index contributed by atoms with van der Waals surface area (Å²) in [5.74, 6) is -6.37. The number of nitrogens with zero attached hydrogens (tertiary/aromatic N) is 3. The summed E-state index contributed by atoms with van der Waals surface area (Å²) >= 11 is 0. The topological polar surface area (TPSA) is 126 Å². The minimum absolute atomic E-state index is 0.110. The molecule has 4 aromatic carbocycles. The van der Waals surface area contributed by atoms with Crippen LogP contribution in [0.15, 0.2) is 103 Å². The second kappa shape index (κ2) is 11.0. The number of para-hydroxylation sites is 1. The van der Waals surface area contributed by atoms with Gasteiger partial charge in [0.05, 0.1) is 11.1 Å². The Labute approximate surface area is 242 Å². The Morgan fingerprint density at radius 3 is 1.77 bits per heavy atom. The molecule has 0 saturated carbocycles. The number of carbonyl (C=O) groups is 1. The molecular formula is C30H24F4N3O5P. The second-order valence-corrected chi connectivity index (χ2v) is 11.7. The van der Waals surface area contributed by atoms with Crippen LogP contribution in [0.3, 0.4) is 0 Å². The highest BCUT2D eigenvalue weighted by atomic mass is 31.2. The van der Waals surface area contributed by atoms with Gasteiger partial charge in [-0.25, -0.2) is 9.48 Å². The molecule has 5 aromatic rings. The normalized spacial score (nSPS) is 14.0. The fraction of sp³-hybridized carbons (Fsp3) is 0.167. The molecule has 1 heterocycles. The molecule has 5 rings (SSSR count). The third-order valence-corrected chi connectivity index (χ3v) is 8.30. The predicted octanol–water partition coefficient (Wildman–Crippen LogP) is 6.06. The number of fused-ring (bicyclic) bond motifs is 1. The Balaban J connectivity index is 1.67. The number of rotatable bonds is 10. The second-order valence-electron chi connectivity index (χ2n) is 10.1. The molecule has 13 heteroatoms. The molecule has 0 aliphatic carbocycles. The lowest BCUT2D eigenvalue weighted by Crippen LogP contribution is -2.40. The minimum atomic E-state index is -5.78. The van der Waals surface area contributed by atoms with Crippen LogP contribution < -0.4 is 0 Å². The number of halogens is 4. The quantitative estimate of drug-likeness (QED) is 0.129. The van der Waals surface area contributed by atoms with Gasteiger partial charge in [0.15, 0.2) is 0 Å². The number of hydrogen-bond acceptors (Lipinski definition) is 4. The minimum Gasteiger partial charge on any atom is -0.477 e. The van der Waals surface area contributed by atoms with Gasteiger partial charge in [0.25, 0.3) is 0 Å². The van der Waals surface area contributed by atoms with Gasteiger partial charge in [0.2, 0.25) is 0 Å². The Hall–Kier alpha value is -4.38. The first kappa shape index (κ1) is 30.1. The first-order valence-corrected chi connectivity index (χ1v) is 14.5. The molecule has 0 bridgehead atoms. The third kappa shape index (κ3) is 5.56. The largest absolute Gasteiger partial charge is 0.477 e. The molecule has 1 atom stereocenters. The van der Waals surface area contributed by atoms with Gasteiger partial charge in [0.1, 0.15) is 5.52 Å². The van der Waals surface area contributed by atoms with Crippen LogP contribution in [0.5, 0.6) is 0 Å². The summed E-state index contributed by atoms with van der Waals surface area (Å²) in [4.78, 5) is 29.4.